The summed E-state index contributed by atoms with van der Waals surface area (Å²) in [5, 5.41) is 54.1. The highest BCUT2D eigenvalue weighted by Gasteiger charge is 2.10. The Morgan fingerprint density at radius 3 is 0.848 bits per heavy atom. The third kappa shape index (κ3) is 28.1. The number of hydrogen-bond donors (Lipinski definition) is 6. The molecule has 0 fully saturated rings. The second kappa shape index (κ2) is 52.3. The summed E-state index contributed by atoms with van der Waals surface area (Å²) >= 11 is 6.12. The number of nitrogens with zero attached hydrogens (tertiary/aromatic N) is 24. The fourth-order valence-electron chi connectivity index (χ4n) is 6.14. The Balaban J connectivity index is 0.000000534. The Hall–Kier alpha value is -9.54. The van der Waals surface area contributed by atoms with E-state index in [0.717, 1.165) is 83.3 Å². The van der Waals surface area contributed by atoms with Crippen LogP contribution in [0, 0.1) is 0 Å². The van der Waals surface area contributed by atoms with Gasteiger partial charge in [-0.25, -0.2) is 39.9 Å². The van der Waals surface area contributed by atoms with Gasteiger partial charge in [-0.05, 0) is 65.8 Å². The number of anilines is 6. The SMILES string of the molecule is CC.CC.CC.CC.CC.CC.CCNc1ncn(-c2nccs2)n1.CCNc1ncn(-c2nccs2)n1.CCNc1ncnn1-c1ccccn1.CCNc1ncnn1-c1ccccn1.CCNc1ncnn1-c1nccs1.CCNc1ncnn1-c1nccs1. The monoisotopic (exact) mass is 1340 g/mol. The van der Waals surface area contributed by atoms with Crippen molar-refractivity contribution in [2.75, 3.05) is 71.2 Å². The van der Waals surface area contributed by atoms with Gasteiger partial charge in [0.25, 0.3) is 0 Å². The fraction of sp³-hybridized carbons (Fsp3) is 0.414. The molecule has 0 spiro atoms. The van der Waals surface area contributed by atoms with E-state index in [-0.39, 0.29) is 0 Å². The number of pyridine rings is 2. The zero-order valence-electron chi connectivity index (χ0n) is 56.3. The Labute approximate surface area is 557 Å². The van der Waals surface area contributed by atoms with Crippen LogP contribution in [0.5, 0.6) is 0 Å². The maximum absolute atomic E-state index is 4.18. The highest BCUT2D eigenvalue weighted by atomic mass is 32.1. The van der Waals surface area contributed by atoms with Crippen LogP contribution in [-0.2, 0) is 0 Å². The van der Waals surface area contributed by atoms with Crippen LogP contribution in [-0.4, -0.2) is 158 Å². The Morgan fingerprint density at radius 2 is 0.587 bits per heavy atom. The molecule has 0 saturated carbocycles. The molecular formula is C58H94N30S4. The number of nitrogens with one attached hydrogen (secondary N) is 6. The molecule has 12 heterocycles. The minimum Gasteiger partial charge on any atom is -0.354 e. The molecule has 30 nitrogen and oxygen atoms in total. The van der Waals surface area contributed by atoms with E-state index < -0.39 is 0 Å². The van der Waals surface area contributed by atoms with Crippen LogP contribution in [0.2, 0.25) is 0 Å². The largest absolute Gasteiger partial charge is 0.354 e. The summed E-state index contributed by atoms with van der Waals surface area (Å²) in [5.74, 6) is 5.70. The van der Waals surface area contributed by atoms with Crippen molar-refractivity contribution in [1.82, 2.24) is 118 Å². The van der Waals surface area contributed by atoms with E-state index in [1.54, 1.807) is 77.9 Å². The summed E-state index contributed by atoms with van der Waals surface area (Å²) < 4.78 is 10.0. The maximum atomic E-state index is 4.18. The highest BCUT2D eigenvalue weighted by molar-refractivity contribution is 7.12. The fourth-order valence-corrected chi connectivity index (χ4v) is 8.46. The smallest absolute Gasteiger partial charge is 0.242 e. The molecule has 6 N–H and O–H groups in total. The maximum Gasteiger partial charge on any atom is 0.242 e. The van der Waals surface area contributed by atoms with Gasteiger partial charge in [0.15, 0.2) is 11.6 Å². The first kappa shape index (κ1) is 80.5. The molecule has 12 aromatic heterocycles. The van der Waals surface area contributed by atoms with Gasteiger partial charge in [-0.2, -0.15) is 68.4 Å². The van der Waals surface area contributed by atoms with Crippen molar-refractivity contribution in [2.24, 2.45) is 0 Å². The van der Waals surface area contributed by atoms with Crippen molar-refractivity contribution < 1.29 is 0 Å². The van der Waals surface area contributed by atoms with Crippen LogP contribution in [0.1, 0.15) is 125 Å². The Morgan fingerprint density at radius 1 is 0.304 bits per heavy atom. The first-order valence-corrected chi connectivity index (χ1v) is 34.3. The van der Waals surface area contributed by atoms with Crippen molar-refractivity contribution in [3.05, 3.63) is 133 Å². The van der Waals surface area contributed by atoms with Crippen LogP contribution < -0.4 is 31.9 Å². The molecule has 0 unspecified atom stereocenters. The van der Waals surface area contributed by atoms with E-state index in [1.807, 2.05) is 183 Å². The molecule has 0 saturated heterocycles. The quantitative estimate of drug-likeness (QED) is 0.0465. The molecule has 12 rings (SSSR count). The van der Waals surface area contributed by atoms with Gasteiger partial charge >= 0.3 is 0 Å². The summed E-state index contributed by atoms with van der Waals surface area (Å²) in [7, 11) is 0. The van der Waals surface area contributed by atoms with E-state index in [9.17, 15) is 0 Å². The predicted molar refractivity (Wildman–Crippen MR) is 380 cm³/mol. The van der Waals surface area contributed by atoms with Crippen LogP contribution in [0.4, 0.5) is 35.7 Å². The molecule has 0 atom stereocenters. The molecule has 34 heteroatoms. The Kier molecular flexibility index (Phi) is 45.7. The lowest BCUT2D eigenvalue weighted by molar-refractivity contribution is 0.845. The number of aromatic nitrogens is 24. The summed E-state index contributed by atoms with van der Waals surface area (Å²) in [4.78, 5) is 49.3. The summed E-state index contributed by atoms with van der Waals surface area (Å²) in [5.41, 5.74) is 0. The first-order valence-electron chi connectivity index (χ1n) is 30.7. The van der Waals surface area contributed by atoms with E-state index in [2.05, 4.69) is 122 Å². The number of thiazole rings is 4. The molecule has 0 amide bonds. The summed E-state index contributed by atoms with van der Waals surface area (Å²) in [6.45, 7) is 41.0. The van der Waals surface area contributed by atoms with E-state index in [4.69, 9.17) is 0 Å². The van der Waals surface area contributed by atoms with Crippen LogP contribution in [0.15, 0.2) is 133 Å². The standard InChI is InChI=1S/2C9H11N5.4C7H9N5S.6C2H6/c2*1-2-10-9-12-7-13-14(9)8-5-3-4-6-11-8;2*1-2-8-6-10-5-12(11-6)7-9-3-4-13-7;2*1-2-8-6-10-5-11-12(6)7-9-3-4-13-7;6*1-2/h2*3-7H,2H2,1H3,(H,10,12,13);2*3-5H,2H2,1H3,(H,8,11);2*3-5H,2H2,1H3,(H,8,10,11);6*1-2H3. The molecule has 0 bridgehead atoms. The summed E-state index contributed by atoms with van der Waals surface area (Å²) in [6, 6.07) is 11.3. The van der Waals surface area contributed by atoms with Crippen molar-refractivity contribution >= 4 is 81.0 Å². The molecule has 0 aliphatic rings. The predicted octanol–water partition coefficient (Wildman–Crippen LogP) is 13.0. The second-order valence-corrected chi connectivity index (χ2v) is 18.3. The molecular weight excluding hydrogens is 1250 g/mol. The molecule has 0 aliphatic heterocycles. The molecule has 500 valence electrons. The van der Waals surface area contributed by atoms with Gasteiger partial charge in [-0.1, -0.05) is 95.2 Å². The van der Waals surface area contributed by atoms with Gasteiger partial charge in [-0.3, -0.25) is 0 Å². The topological polar surface area (TPSA) is 334 Å². The normalized spacial score (nSPS) is 9.24. The van der Waals surface area contributed by atoms with Crippen LogP contribution in [0.3, 0.4) is 0 Å². The molecule has 12 aromatic rings. The third-order valence-corrected chi connectivity index (χ3v) is 12.4. The number of rotatable bonds is 18. The first-order chi connectivity index (χ1) is 45.5. The van der Waals surface area contributed by atoms with Crippen molar-refractivity contribution in [3.63, 3.8) is 0 Å². The third-order valence-electron chi connectivity index (χ3n) is 9.35. The molecule has 92 heavy (non-hydrogen) atoms. The zero-order valence-corrected chi connectivity index (χ0v) is 59.6. The average molecular weight is 1340 g/mol. The average Bonchev–Trinajstić information content (AvgIpc) is 2.39. The molecule has 0 radical (unpaired) electrons. The van der Waals surface area contributed by atoms with Crippen molar-refractivity contribution in [2.45, 2.75) is 125 Å². The van der Waals surface area contributed by atoms with Gasteiger partial charge < -0.3 is 31.9 Å². The minimum atomic E-state index is 0.637. The Bertz CT molecular complexity index is 3220. The van der Waals surface area contributed by atoms with E-state index in [0.29, 0.717) is 23.8 Å². The van der Waals surface area contributed by atoms with Gasteiger partial charge in [0.2, 0.25) is 56.2 Å². The summed E-state index contributed by atoms with van der Waals surface area (Å²) in [6.07, 6.45) is 19.8. The lowest BCUT2D eigenvalue weighted by atomic mass is 10.5. The minimum absolute atomic E-state index is 0.637. The van der Waals surface area contributed by atoms with Crippen molar-refractivity contribution in [3.8, 4) is 32.2 Å². The molecule has 0 aliphatic carbocycles. The highest BCUT2D eigenvalue weighted by Crippen LogP contribution is 2.16. The van der Waals surface area contributed by atoms with E-state index in [1.165, 1.54) is 70.7 Å². The van der Waals surface area contributed by atoms with E-state index >= 15 is 0 Å². The van der Waals surface area contributed by atoms with Crippen LogP contribution >= 0.6 is 45.3 Å². The van der Waals surface area contributed by atoms with Gasteiger partial charge in [0, 0.05) is 98.0 Å². The van der Waals surface area contributed by atoms with Crippen LogP contribution in [0.25, 0.3) is 32.2 Å². The van der Waals surface area contributed by atoms with Gasteiger partial charge in [-0.15, -0.1) is 55.5 Å². The lowest BCUT2D eigenvalue weighted by Gasteiger charge is -2.04. The lowest BCUT2D eigenvalue weighted by Crippen LogP contribution is -2.07. The molecule has 0 aromatic carbocycles. The van der Waals surface area contributed by atoms with Crippen molar-refractivity contribution in [1.29, 1.82) is 0 Å². The van der Waals surface area contributed by atoms with Gasteiger partial charge in [0.1, 0.15) is 38.0 Å². The zero-order chi connectivity index (χ0) is 68.0. The number of hydrogen-bond acceptors (Lipinski definition) is 28. The second-order valence-electron chi connectivity index (χ2n) is 14.8. The van der Waals surface area contributed by atoms with Gasteiger partial charge in [0.05, 0.1) is 0 Å².